The van der Waals surface area contributed by atoms with Gasteiger partial charge in [0.1, 0.15) is 0 Å². The molecule has 0 aliphatic rings. The molecular formula is C14H22N2O. The van der Waals surface area contributed by atoms with Crippen LogP contribution in [-0.4, -0.2) is 11.9 Å². The number of nitrogens with one attached hydrogen (secondary N) is 1. The minimum Gasteiger partial charge on any atom is -0.348 e. The number of nitrogens with two attached hydrogens (primary N) is 1. The van der Waals surface area contributed by atoms with Gasteiger partial charge in [-0.25, -0.2) is 0 Å². The number of hydrogen-bond acceptors (Lipinski definition) is 2. The zero-order valence-electron chi connectivity index (χ0n) is 11.0. The van der Waals surface area contributed by atoms with E-state index in [0.29, 0.717) is 0 Å². The van der Waals surface area contributed by atoms with E-state index in [1.165, 1.54) is 0 Å². The van der Waals surface area contributed by atoms with E-state index < -0.39 is 6.04 Å². The lowest BCUT2D eigenvalue weighted by Crippen LogP contribution is -2.49. The van der Waals surface area contributed by atoms with Gasteiger partial charge in [-0.3, -0.25) is 4.79 Å². The summed E-state index contributed by atoms with van der Waals surface area (Å²) in [6, 6.07) is 9.36. The Morgan fingerprint density at radius 3 is 2.24 bits per heavy atom. The van der Waals surface area contributed by atoms with Crippen LogP contribution in [0.25, 0.3) is 0 Å². The maximum atomic E-state index is 11.9. The Morgan fingerprint density at radius 1 is 1.24 bits per heavy atom. The summed E-state index contributed by atoms with van der Waals surface area (Å²) in [5.74, 6) is -0.103. The number of amides is 1. The van der Waals surface area contributed by atoms with Gasteiger partial charge in [0.25, 0.3) is 0 Å². The maximum Gasteiger partial charge on any atom is 0.237 e. The van der Waals surface area contributed by atoms with Crippen molar-refractivity contribution < 1.29 is 4.79 Å². The Kier molecular flexibility index (Phi) is 4.29. The summed E-state index contributed by atoms with van der Waals surface area (Å²) in [4.78, 5) is 11.9. The zero-order chi connectivity index (χ0) is 13.1. The van der Waals surface area contributed by atoms with Gasteiger partial charge in [0.05, 0.1) is 12.1 Å². The van der Waals surface area contributed by atoms with Gasteiger partial charge in [-0.05, 0) is 17.9 Å². The van der Waals surface area contributed by atoms with Gasteiger partial charge in [-0.1, -0.05) is 51.1 Å². The van der Waals surface area contributed by atoms with Gasteiger partial charge < -0.3 is 11.1 Å². The highest BCUT2D eigenvalue weighted by Crippen LogP contribution is 2.19. The van der Waals surface area contributed by atoms with Crippen LogP contribution in [0.15, 0.2) is 30.3 Å². The fourth-order valence-electron chi connectivity index (χ4n) is 1.52. The van der Waals surface area contributed by atoms with Crippen molar-refractivity contribution in [2.75, 3.05) is 0 Å². The van der Waals surface area contributed by atoms with Crippen LogP contribution in [0, 0.1) is 5.41 Å². The third kappa shape index (κ3) is 3.86. The zero-order valence-corrected chi connectivity index (χ0v) is 11.0. The van der Waals surface area contributed by atoms with E-state index in [2.05, 4.69) is 5.32 Å². The van der Waals surface area contributed by atoms with Crippen LogP contribution in [0.2, 0.25) is 0 Å². The highest BCUT2D eigenvalue weighted by Gasteiger charge is 2.28. The molecule has 0 radical (unpaired) electrons. The first-order valence-electron chi connectivity index (χ1n) is 5.93. The van der Waals surface area contributed by atoms with Crippen LogP contribution in [0.1, 0.15) is 39.3 Å². The molecule has 0 fully saturated rings. The van der Waals surface area contributed by atoms with Crippen molar-refractivity contribution in [3.8, 4) is 0 Å². The number of carbonyl (C=O) groups excluding carboxylic acids is 1. The largest absolute Gasteiger partial charge is 0.348 e. The third-order valence-electron chi connectivity index (χ3n) is 2.87. The molecule has 1 rings (SSSR count). The maximum absolute atomic E-state index is 11.9. The molecule has 17 heavy (non-hydrogen) atoms. The second kappa shape index (κ2) is 5.32. The quantitative estimate of drug-likeness (QED) is 0.842. The van der Waals surface area contributed by atoms with Crippen LogP contribution >= 0.6 is 0 Å². The van der Waals surface area contributed by atoms with Crippen molar-refractivity contribution in [3.63, 3.8) is 0 Å². The minimum atomic E-state index is -0.492. The molecule has 0 bridgehead atoms. The predicted molar refractivity (Wildman–Crippen MR) is 70.4 cm³/mol. The lowest BCUT2D eigenvalue weighted by molar-refractivity contribution is -0.125. The monoisotopic (exact) mass is 234 g/mol. The molecule has 1 amide bonds. The van der Waals surface area contributed by atoms with E-state index in [0.717, 1.165) is 5.56 Å². The molecule has 1 aromatic carbocycles. The molecule has 3 nitrogen and oxygen atoms in total. The van der Waals surface area contributed by atoms with Crippen molar-refractivity contribution in [3.05, 3.63) is 35.9 Å². The van der Waals surface area contributed by atoms with Gasteiger partial charge in [-0.15, -0.1) is 0 Å². The normalized spacial score (nSPS) is 15.1. The summed E-state index contributed by atoms with van der Waals surface area (Å²) < 4.78 is 0. The molecule has 0 aliphatic heterocycles. The molecule has 0 saturated carbocycles. The van der Waals surface area contributed by atoms with Crippen LogP contribution < -0.4 is 11.1 Å². The molecule has 3 heteroatoms. The van der Waals surface area contributed by atoms with E-state index in [1.54, 1.807) is 0 Å². The molecule has 3 N–H and O–H groups in total. The minimum absolute atomic E-state index is 0.0166. The first-order chi connectivity index (χ1) is 7.82. The van der Waals surface area contributed by atoms with E-state index in [1.807, 2.05) is 58.0 Å². The van der Waals surface area contributed by atoms with E-state index in [-0.39, 0.29) is 17.4 Å². The van der Waals surface area contributed by atoms with Crippen molar-refractivity contribution in [2.45, 2.75) is 39.8 Å². The lowest BCUT2D eigenvalue weighted by atomic mass is 9.86. The lowest BCUT2D eigenvalue weighted by Gasteiger charge is -2.27. The summed E-state index contributed by atoms with van der Waals surface area (Å²) >= 11 is 0. The van der Waals surface area contributed by atoms with Gasteiger partial charge in [0.15, 0.2) is 0 Å². The topological polar surface area (TPSA) is 55.1 Å². The van der Waals surface area contributed by atoms with Crippen molar-refractivity contribution in [2.24, 2.45) is 11.1 Å². The summed E-state index contributed by atoms with van der Waals surface area (Å²) in [6.07, 6.45) is 0. The van der Waals surface area contributed by atoms with E-state index in [9.17, 15) is 4.79 Å². The highest BCUT2D eigenvalue weighted by molar-refractivity contribution is 5.82. The Morgan fingerprint density at radius 2 is 1.76 bits per heavy atom. The van der Waals surface area contributed by atoms with E-state index in [4.69, 9.17) is 5.73 Å². The molecule has 1 aromatic rings. The van der Waals surface area contributed by atoms with Crippen molar-refractivity contribution in [1.82, 2.24) is 5.32 Å². The standard InChI is InChI=1S/C14H22N2O/c1-10(11-8-6-5-7-9-11)16-13(17)12(15)14(2,3)4/h5-10,12H,15H2,1-4H3,(H,16,17)/t10-,12-/m0/s1. The molecule has 0 spiro atoms. The highest BCUT2D eigenvalue weighted by atomic mass is 16.2. The van der Waals surface area contributed by atoms with Gasteiger partial charge >= 0.3 is 0 Å². The molecule has 0 saturated heterocycles. The van der Waals surface area contributed by atoms with Crippen molar-refractivity contribution in [1.29, 1.82) is 0 Å². The first-order valence-corrected chi connectivity index (χ1v) is 5.93. The average Bonchev–Trinajstić information content (AvgIpc) is 2.27. The Hall–Kier alpha value is -1.35. The first kappa shape index (κ1) is 13.7. The molecule has 94 valence electrons. The van der Waals surface area contributed by atoms with Gasteiger partial charge in [0, 0.05) is 0 Å². The summed E-state index contributed by atoms with van der Waals surface area (Å²) in [7, 11) is 0. The predicted octanol–water partition coefficient (Wildman–Crippen LogP) is 2.24. The Bertz CT molecular complexity index is 368. The van der Waals surface area contributed by atoms with Crippen LogP contribution in [0.5, 0.6) is 0 Å². The fourth-order valence-corrected chi connectivity index (χ4v) is 1.52. The average molecular weight is 234 g/mol. The second-order valence-corrected chi connectivity index (χ2v) is 5.48. The number of rotatable bonds is 3. The molecule has 0 aromatic heterocycles. The summed E-state index contributed by atoms with van der Waals surface area (Å²) in [5, 5.41) is 2.94. The number of hydrogen-bond donors (Lipinski definition) is 2. The molecule has 0 heterocycles. The fraction of sp³-hybridized carbons (Fsp3) is 0.500. The van der Waals surface area contributed by atoms with E-state index >= 15 is 0 Å². The van der Waals surface area contributed by atoms with Crippen LogP contribution in [0.3, 0.4) is 0 Å². The Labute approximate surface area is 103 Å². The van der Waals surface area contributed by atoms with Gasteiger partial charge in [-0.2, -0.15) is 0 Å². The number of benzene rings is 1. The third-order valence-corrected chi connectivity index (χ3v) is 2.87. The van der Waals surface area contributed by atoms with Crippen LogP contribution in [0.4, 0.5) is 0 Å². The number of carbonyl (C=O) groups is 1. The SMILES string of the molecule is C[C@H](NC(=O)[C@H](N)C(C)(C)C)c1ccccc1. The molecule has 0 unspecified atom stereocenters. The molecule has 0 aliphatic carbocycles. The smallest absolute Gasteiger partial charge is 0.237 e. The second-order valence-electron chi connectivity index (χ2n) is 5.48. The summed E-state index contributed by atoms with van der Waals surface area (Å²) in [6.45, 7) is 7.85. The van der Waals surface area contributed by atoms with Crippen LogP contribution in [-0.2, 0) is 4.79 Å². The summed E-state index contributed by atoms with van der Waals surface area (Å²) in [5.41, 5.74) is 6.77. The Balaban J connectivity index is 2.64. The van der Waals surface area contributed by atoms with Gasteiger partial charge in [0.2, 0.25) is 5.91 Å². The molecular weight excluding hydrogens is 212 g/mol. The van der Waals surface area contributed by atoms with Crippen molar-refractivity contribution >= 4 is 5.91 Å². The molecule has 2 atom stereocenters.